The van der Waals surface area contributed by atoms with Gasteiger partial charge >= 0.3 is 0 Å². The molecule has 0 saturated carbocycles. The van der Waals surface area contributed by atoms with Gasteiger partial charge in [0.25, 0.3) is 0 Å². The molecule has 0 spiro atoms. The summed E-state index contributed by atoms with van der Waals surface area (Å²) in [6.45, 7) is 7.77. The molecule has 21 N–H and O–H groups in total. The van der Waals surface area contributed by atoms with Crippen molar-refractivity contribution in [1.82, 2.24) is 47.9 Å². The van der Waals surface area contributed by atoms with Gasteiger partial charge in [0.2, 0.25) is 59.1 Å². The first kappa shape index (κ1) is 67.7. The number of hydrogen-bond donors (Lipinski definition) is 15. The molecule has 27 nitrogen and oxygen atoms in total. The molecule has 0 fully saturated rings. The maximum atomic E-state index is 14.4. The molecule has 0 heterocycles. The number of guanidine groups is 2. The summed E-state index contributed by atoms with van der Waals surface area (Å²) in [7, 11) is 0. The molecule has 0 aromatic heterocycles. The number of unbranched alkanes of at least 4 members (excludes halogenated alkanes) is 1. The van der Waals surface area contributed by atoms with Crippen molar-refractivity contribution in [2.45, 2.75) is 141 Å². The maximum absolute atomic E-state index is 14.4. The molecular weight excluding hydrogens is 1030 g/mol. The highest BCUT2D eigenvalue weighted by atomic mass is 16.2. The van der Waals surface area contributed by atoms with Gasteiger partial charge in [0.05, 0.1) is 13.1 Å². The van der Waals surface area contributed by atoms with Crippen molar-refractivity contribution < 1.29 is 47.9 Å². The highest BCUT2D eigenvalue weighted by Gasteiger charge is 2.35. The fourth-order valence-corrected chi connectivity index (χ4v) is 8.06. The third kappa shape index (κ3) is 27.8. The molecule has 0 aliphatic heterocycles. The Morgan fingerprint density at radius 3 is 1.34 bits per heavy atom. The first-order chi connectivity index (χ1) is 37.9. The van der Waals surface area contributed by atoms with Gasteiger partial charge in [0.15, 0.2) is 11.9 Å². The molecule has 2 aromatic carbocycles. The van der Waals surface area contributed by atoms with Crippen LogP contribution in [0.5, 0.6) is 0 Å². The number of nitrogens with one attached hydrogen (secondary N) is 9. The van der Waals surface area contributed by atoms with Crippen LogP contribution in [0.3, 0.4) is 0 Å². The number of aliphatic imine (C=N–C) groups is 2. The van der Waals surface area contributed by atoms with Crippen molar-refractivity contribution in [3.63, 3.8) is 0 Å². The Hall–Kier alpha value is -8.36. The molecule has 2 rings (SSSR count). The van der Waals surface area contributed by atoms with Crippen LogP contribution in [0.1, 0.15) is 97.1 Å². The van der Waals surface area contributed by atoms with Gasteiger partial charge in [-0.3, -0.25) is 57.9 Å². The molecule has 10 amide bonds. The van der Waals surface area contributed by atoms with Gasteiger partial charge in [0, 0.05) is 32.9 Å². The Bertz CT molecular complexity index is 2400. The lowest BCUT2D eigenvalue weighted by Gasteiger charge is -2.29. The van der Waals surface area contributed by atoms with E-state index in [0.717, 1.165) is 0 Å². The fraction of sp³-hybridized carbons (Fsp3) is 0.547. The van der Waals surface area contributed by atoms with Gasteiger partial charge in [-0.05, 0) is 80.9 Å². The lowest BCUT2D eigenvalue weighted by Crippen LogP contribution is -2.61. The first-order valence-corrected chi connectivity index (χ1v) is 26.7. The number of amides is 10. The number of primary amides is 1. The molecule has 7 atom stereocenters. The summed E-state index contributed by atoms with van der Waals surface area (Å²) in [5, 5.41) is 23.7. The quantitative estimate of drug-likeness (QED) is 0.0178. The summed E-state index contributed by atoms with van der Waals surface area (Å²) >= 11 is 0. The number of benzene rings is 2. The topological polar surface area (TPSA) is 460 Å². The van der Waals surface area contributed by atoms with Crippen LogP contribution in [-0.4, -0.2) is 146 Å². The van der Waals surface area contributed by atoms with Gasteiger partial charge in [-0.1, -0.05) is 88.4 Å². The molecule has 27 heteroatoms. The van der Waals surface area contributed by atoms with Gasteiger partial charge in [-0.2, -0.15) is 0 Å². The predicted molar refractivity (Wildman–Crippen MR) is 302 cm³/mol. The Morgan fingerprint density at radius 1 is 0.463 bits per heavy atom. The maximum Gasteiger partial charge on any atom is 0.243 e. The van der Waals surface area contributed by atoms with E-state index in [1.54, 1.807) is 74.5 Å². The zero-order valence-corrected chi connectivity index (χ0v) is 46.5. The van der Waals surface area contributed by atoms with E-state index in [1.165, 1.54) is 6.92 Å². The monoisotopic (exact) mass is 1120 g/mol. The zero-order valence-electron chi connectivity index (χ0n) is 46.5. The third-order valence-electron chi connectivity index (χ3n) is 12.1. The summed E-state index contributed by atoms with van der Waals surface area (Å²) in [5.41, 5.74) is 34.0. The molecule has 0 aliphatic carbocycles. The highest BCUT2D eigenvalue weighted by molar-refractivity contribution is 5.98. The van der Waals surface area contributed by atoms with Crippen LogP contribution in [0, 0.1) is 11.8 Å². The van der Waals surface area contributed by atoms with E-state index in [-0.39, 0.29) is 69.5 Å². The average molecular weight is 1120 g/mol. The second-order valence-electron chi connectivity index (χ2n) is 19.9. The lowest BCUT2D eigenvalue weighted by molar-refractivity contribution is -0.136. The zero-order chi connectivity index (χ0) is 59.7. The van der Waals surface area contributed by atoms with Gasteiger partial charge in [-0.25, -0.2) is 0 Å². The van der Waals surface area contributed by atoms with E-state index >= 15 is 0 Å². The third-order valence-corrected chi connectivity index (χ3v) is 12.1. The van der Waals surface area contributed by atoms with Crippen LogP contribution in [0.25, 0.3) is 0 Å². The van der Waals surface area contributed by atoms with Crippen LogP contribution >= 0.6 is 0 Å². The van der Waals surface area contributed by atoms with Crippen LogP contribution in [-0.2, 0) is 60.8 Å². The van der Waals surface area contributed by atoms with E-state index < -0.39 is 120 Å². The number of carbonyl (C=O) groups is 10. The standard InChI is InChI=1S/C53H85N17O10/c1-31(2)26-39(67-48(77)38(20-12-13-23-54)66-43(73)30-62-46(75)37(64-33(5)71)22-15-25-61-53(58)59)50(79)70-44(32(3)4)51(80)69-41(28-35-18-10-7-11-19-35)49(78)68-40(27-34-16-8-6-9-17-34)47(76)63-29-42(72)65-36(45(55)74)21-14-24-60-52(56)57/h6-11,16-19,31-32,36-41,44H,12-15,20-30,54H2,1-5H3,(H2,55,74)(H,62,75)(H,63,76)(H,64,71)(H,65,72)(H,66,73)(H,67,77)(H,68,78)(H,69,80)(H,70,79)(H4,56,57,60)(H4,58,59,61)/t36-,37-,38-,39-,40-,41-,44-/m0/s1. The largest absolute Gasteiger partial charge is 0.370 e. The summed E-state index contributed by atoms with van der Waals surface area (Å²) in [6.07, 6.45) is 1.97. The number of hydrogen-bond acceptors (Lipinski definition) is 13. The average Bonchev–Trinajstić information content (AvgIpc) is 3.39. The second kappa shape index (κ2) is 36.7. The van der Waals surface area contributed by atoms with Crippen molar-refractivity contribution in [1.29, 1.82) is 0 Å². The van der Waals surface area contributed by atoms with E-state index in [4.69, 9.17) is 34.4 Å². The van der Waals surface area contributed by atoms with E-state index in [0.29, 0.717) is 43.4 Å². The highest BCUT2D eigenvalue weighted by Crippen LogP contribution is 2.13. The molecule has 0 saturated heterocycles. The molecule has 0 bridgehead atoms. The Balaban J connectivity index is 2.34. The fourth-order valence-electron chi connectivity index (χ4n) is 8.06. The first-order valence-electron chi connectivity index (χ1n) is 26.7. The molecule has 442 valence electrons. The van der Waals surface area contributed by atoms with Gasteiger partial charge < -0.3 is 82.3 Å². The summed E-state index contributed by atoms with van der Waals surface area (Å²) in [6, 6.07) is 9.10. The predicted octanol–water partition coefficient (Wildman–Crippen LogP) is -3.46. The second-order valence-corrected chi connectivity index (χ2v) is 19.9. The lowest BCUT2D eigenvalue weighted by atomic mass is 9.98. The van der Waals surface area contributed by atoms with Crippen molar-refractivity contribution in [2.75, 3.05) is 32.7 Å². The SMILES string of the molecule is CC(=O)N[C@@H](CCCN=C(N)N)C(=O)NCC(=O)N[C@@H](CCCCN)C(=O)N[C@@H](CC(C)C)C(=O)N[C@H](C(=O)N[C@@H](Cc1ccccc1)C(=O)N[C@@H](Cc1ccccc1)C(=O)NCC(=O)N[C@@H](CCCN=C(N)N)C(N)=O)C(C)C. The number of nitrogens with zero attached hydrogens (tertiary/aromatic N) is 2. The molecular formula is C53H85N17O10. The minimum atomic E-state index is -1.33. The van der Waals surface area contributed by atoms with Gasteiger partial charge in [-0.15, -0.1) is 0 Å². The van der Waals surface area contributed by atoms with Crippen molar-refractivity contribution >= 4 is 71.0 Å². The minimum absolute atomic E-state index is 0.0352. The van der Waals surface area contributed by atoms with E-state index in [2.05, 4.69) is 57.8 Å². The molecule has 0 unspecified atom stereocenters. The van der Waals surface area contributed by atoms with E-state index in [9.17, 15) is 47.9 Å². The number of nitrogens with two attached hydrogens (primary N) is 6. The van der Waals surface area contributed by atoms with Gasteiger partial charge in [0.1, 0.15) is 42.3 Å². The minimum Gasteiger partial charge on any atom is -0.370 e. The van der Waals surface area contributed by atoms with E-state index in [1.807, 2.05) is 13.8 Å². The van der Waals surface area contributed by atoms with Crippen LogP contribution < -0.4 is 82.3 Å². The smallest absolute Gasteiger partial charge is 0.243 e. The molecule has 80 heavy (non-hydrogen) atoms. The van der Waals surface area contributed by atoms with Crippen LogP contribution in [0.15, 0.2) is 70.6 Å². The normalized spacial score (nSPS) is 13.5. The summed E-state index contributed by atoms with van der Waals surface area (Å²) in [4.78, 5) is 142. The number of rotatable bonds is 37. The Morgan fingerprint density at radius 2 is 0.875 bits per heavy atom. The molecule has 0 radical (unpaired) electrons. The Kier molecular flexibility index (Phi) is 31.1. The van der Waals surface area contributed by atoms with Crippen LogP contribution in [0.4, 0.5) is 0 Å². The van der Waals surface area contributed by atoms with Crippen LogP contribution in [0.2, 0.25) is 0 Å². The van der Waals surface area contributed by atoms with Crippen molar-refractivity contribution in [2.24, 2.45) is 56.2 Å². The Labute approximate surface area is 467 Å². The van der Waals surface area contributed by atoms with Crippen molar-refractivity contribution in [3.8, 4) is 0 Å². The summed E-state index contributed by atoms with van der Waals surface area (Å²) < 4.78 is 0. The summed E-state index contributed by atoms with van der Waals surface area (Å²) in [5.74, 6) is -8.18. The number of carbonyl (C=O) groups excluding carboxylic acids is 10. The van der Waals surface area contributed by atoms with Crippen molar-refractivity contribution in [3.05, 3.63) is 71.8 Å². The molecule has 2 aromatic rings. The molecule has 0 aliphatic rings.